The Morgan fingerprint density at radius 3 is 2.74 bits per heavy atom. The molecule has 2 rings (SSSR count). The number of piperidine rings is 1. The van der Waals surface area contributed by atoms with E-state index in [0.717, 1.165) is 44.8 Å². The van der Waals surface area contributed by atoms with Crippen LogP contribution in [0.25, 0.3) is 0 Å². The van der Waals surface area contributed by atoms with Crippen molar-refractivity contribution in [2.45, 2.75) is 51.2 Å². The van der Waals surface area contributed by atoms with Crippen LogP contribution in [0.1, 0.15) is 39.0 Å². The van der Waals surface area contributed by atoms with Crippen molar-refractivity contribution >= 4 is 0 Å². The summed E-state index contributed by atoms with van der Waals surface area (Å²) in [6.07, 6.45) is 5.36. The minimum absolute atomic E-state index is 0.163. The van der Waals surface area contributed by atoms with Crippen LogP contribution in [0.4, 0.5) is 0 Å². The van der Waals surface area contributed by atoms with Crippen molar-refractivity contribution < 1.29 is 10.2 Å². The Hall–Kier alpha value is -0.160. The number of nitrogens with one attached hydrogen (secondary N) is 1. The van der Waals surface area contributed by atoms with Gasteiger partial charge in [0.2, 0.25) is 0 Å². The molecule has 2 fully saturated rings. The predicted molar refractivity (Wildman–Crippen MR) is 77.1 cm³/mol. The van der Waals surface area contributed by atoms with Gasteiger partial charge in [0.15, 0.2) is 0 Å². The molecule has 0 amide bonds. The number of likely N-dealkylation sites (tertiary alicyclic amines) is 1. The maximum atomic E-state index is 10.1. The van der Waals surface area contributed by atoms with Crippen LogP contribution in [0.2, 0.25) is 0 Å². The van der Waals surface area contributed by atoms with Gasteiger partial charge in [-0.25, -0.2) is 0 Å². The van der Waals surface area contributed by atoms with Gasteiger partial charge in [-0.1, -0.05) is 6.92 Å². The van der Waals surface area contributed by atoms with Crippen LogP contribution in [0.15, 0.2) is 0 Å². The zero-order valence-electron chi connectivity index (χ0n) is 12.2. The number of hydrogen-bond acceptors (Lipinski definition) is 4. The van der Waals surface area contributed by atoms with Crippen LogP contribution in [-0.4, -0.2) is 60.0 Å². The molecule has 1 saturated heterocycles. The Bertz CT molecular complexity index is 259. The quantitative estimate of drug-likeness (QED) is 0.572. The fraction of sp³-hybridized carbons (Fsp3) is 1.00. The van der Waals surface area contributed by atoms with Crippen LogP contribution >= 0.6 is 0 Å². The van der Waals surface area contributed by atoms with Gasteiger partial charge in [-0.05, 0) is 50.5 Å². The van der Waals surface area contributed by atoms with Gasteiger partial charge < -0.3 is 20.4 Å². The number of aliphatic hydroxyl groups excluding tert-OH is 2. The summed E-state index contributed by atoms with van der Waals surface area (Å²) in [6, 6.07) is 0.477. The van der Waals surface area contributed by atoms with Gasteiger partial charge in [0.1, 0.15) is 0 Å². The van der Waals surface area contributed by atoms with E-state index in [4.69, 9.17) is 5.11 Å². The largest absolute Gasteiger partial charge is 0.396 e. The summed E-state index contributed by atoms with van der Waals surface area (Å²) in [4.78, 5) is 2.54. The number of rotatable bonds is 8. The Morgan fingerprint density at radius 1 is 1.32 bits per heavy atom. The molecule has 112 valence electrons. The SMILES string of the molecule is CCC(O)C1CC(NCCCO)CN(CC2CC2)C1. The summed E-state index contributed by atoms with van der Waals surface area (Å²) in [5.41, 5.74) is 0. The lowest BCUT2D eigenvalue weighted by atomic mass is 9.88. The van der Waals surface area contributed by atoms with Gasteiger partial charge in [0.25, 0.3) is 0 Å². The lowest BCUT2D eigenvalue weighted by molar-refractivity contribution is 0.0338. The molecule has 19 heavy (non-hydrogen) atoms. The second-order valence-corrected chi connectivity index (χ2v) is 6.36. The molecule has 1 heterocycles. The van der Waals surface area contributed by atoms with Gasteiger partial charge in [0, 0.05) is 32.3 Å². The molecule has 0 bridgehead atoms. The Balaban J connectivity index is 1.82. The third-order valence-electron chi connectivity index (χ3n) is 4.50. The maximum absolute atomic E-state index is 10.1. The molecule has 3 unspecified atom stereocenters. The lowest BCUT2D eigenvalue weighted by Crippen LogP contribution is -2.52. The highest BCUT2D eigenvalue weighted by atomic mass is 16.3. The van der Waals surface area contributed by atoms with E-state index < -0.39 is 0 Å². The van der Waals surface area contributed by atoms with E-state index in [1.165, 1.54) is 19.4 Å². The van der Waals surface area contributed by atoms with Crippen molar-refractivity contribution in [2.24, 2.45) is 11.8 Å². The highest BCUT2D eigenvalue weighted by molar-refractivity contribution is 4.89. The minimum atomic E-state index is -0.163. The molecular formula is C15H30N2O2. The van der Waals surface area contributed by atoms with Crippen LogP contribution in [-0.2, 0) is 0 Å². The molecule has 4 heteroatoms. The molecule has 0 aromatic rings. The highest BCUT2D eigenvalue weighted by Crippen LogP contribution is 2.32. The first-order valence-electron chi connectivity index (χ1n) is 7.97. The molecule has 3 N–H and O–H groups in total. The molecule has 2 aliphatic rings. The van der Waals surface area contributed by atoms with Crippen molar-refractivity contribution in [2.75, 3.05) is 32.8 Å². The van der Waals surface area contributed by atoms with E-state index in [-0.39, 0.29) is 12.7 Å². The normalized spacial score (nSPS) is 30.5. The predicted octanol–water partition coefficient (Wildman–Crippen LogP) is 0.830. The second kappa shape index (κ2) is 7.58. The molecule has 1 saturated carbocycles. The first-order chi connectivity index (χ1) is 9.22. The summed E-state index contributed by atoms with van der Waals surface area (Å²) in [5.74, 6) is 1.32. The van der Waals surface area contributed by atoms with Gasteiger partial charge in [0.05, 0.1) is 6.10 Å². The Kier molecular flexibility index (Phi) is 6.07. The zero-order valence-corrected chi connectivity index (χ0v) is 12.2. The van der Waals surface area contributed by atoms with Gasteiger partial charge >= 0.3 is 0 Å². The molecular weight excluding hydrogens is 240 g/mol. The Labute approximate surface area is 117 Å². The monoisotopic (exact) mass is 270 g/mol. The minimum Gasteiger partial charge on any atom is -0.396 e. The highest BCUT2D eigenvalue weighted by Gasteiger charge is 2.33. The van der Waals surface area contributed by atoms with Crippen LogP contribution in [0, 0.1) is 11.8 Å². The fourth-order valence-corrected chi connectivity index (χ4v) is 3.19. The number of hydrogen-bond donors (Lipinski definition) is 3. The smallest absolute Gasteiger partial charge is 0.0578 e. The summed E-state index contributed by atoms with van der Waals surface area (Å²) in [5, 5.41) is 22.6. The van der Waals surface area contributed by atoms with E-state index in [0.29, 0.717) is 12.0 Å². The van der Waals surface area contributed by atoms with Crippen molar-refractivity contribution in [3.8, 4) is 0 Å². The molecule has 0 spiro atoms. The number of aliphatic hydroxyl groups is 2. The van der Waals surface area contributed by atoms with Crippen molar-refractivity contribution in [1.82, 2.24) is 10.2 Å². The van der Waals surface area contributed by atoms with E-state index in [1.807, 2.05) is 0 Å². The van der Waals surface area contributed by atoms with Crippen LogP contribution < -0.4 is 5.32 Å². The maximum Gasteiger partial charge on any atom is 0.0578 e. The molecule has 0 aromatic heterocycles. The van der Waals surface area contributed by atoms with Crippen molar-refractivity contribution in [3.63, 3.8) is 0 Å². The van der Waals surface area contributed by atoms with Gasteiger partial charge in [-0.15, -0.1) is 0 Å². The molecule has 3 atom stereocenters. The van der Waals surface area contributed by atoms with E-state index in [1.54, 1.807) is 0 Å². The van der Waals surface area contributed by atoms with E-state index in [9.17, 15) is 5.11 Å². The summed E-state index contributed by atoms with van der Waals surface area (Å²) in [7, 11) is 0. The standard InChI is InChI=1S/C15H30N2O2/c1-2-15(19)13-8-14(16-6-3-7-18)11-17(10-13)9-12-4-5-12/h12-16,18-19H,2-11H2,1H3. The molecule has 1 aliphatic carbocycles. The zero-order chi connectivity index (χ0) is 13.7. The van der Waals surface area contributed by atoms with E-state index >= 15 is 0 Å². The Morgan fingerprint density at radius 2 is 2.11 bits per heavy atom. The topological polar surface area (TPSA) is 55.7 Å². The average Bonchev–Trinajstić information content (AvgIpc) is 3.22. The molecule has 4 nitrogen and oxygen atoms in total. The van der Waals surface area contributed by atoms with Crippen LogP contribution in [0.3, 0.4) is 0 Å². The summed E-state index contributed by atoms with van der Waals surface area (Å²) >= 11 is 0. The average molecular weight is 270 g/mol. The van der Waals surface area contributed by atoms with Gasteiger partial charge in [-0.2, -0.15) is 0 Å². The fourth-order valence-electron chi connectivity index (χ4n) is 3.19. The van der Waals surface area contributed by atoms with Crippen molar-refractivity contribution in [3.05, 3.63) is 0 Å². The molecule has 0 aromatic carbocycles. The number of nitrogens with zero attached hydrogens (tertiary/aromatic N) is 1. The summed E-state index contributed by atoms with van der Waals surface area (Å²) < 4.78 is 0. The second-order valence-electron chi connectivity index (χ2n) is 6.36. The third-order valence-corrected chi connectivity index (χ3v) is 4.50. The first-order valence-corrected chi connectivity index (χ1v) is 7.97. The first kappa shape index (κ1) is 15.2. The lowest BCUT2D eigenvalue weighted by Gasteiger charge is -2.40. The molecule has 1 aliphatic heterocycles. The summed E-state index contributed by atoms with van der Waals surface area (Å²) in [6.45, 7) is 6.59. The van der Waals surface area contributed by atoms with Gasteiger partial charge in [-0.3, -0.25) is 0 Å². The third kappa shape index (κ3) is 5.03. The van der Waals surface area contributed by atoms with Crippen molar-refractivity contribution in [1.29, 1.82) is 0 Å². The van der Waals surface area contributed by atoms with E-state index in [2.05, 4.69) is 17.1 Å². The van der Waals surface area contributed by atoms with Crippen LogP contribution in [0.5, 0.6) is 0 Å². The molecule has 0 radical (unpaired) electrons.